The van der Waals surface area contributed by atoms with Gasteiger partial charge in [-0.3, -0.25) is 0 Å². The number of hydrogen-bond donors (Lipinski definition) is 2. The predicted molar refractivity (Wildman–Crippen MR) is 109 cm³/mol. The van der Waals surface area contributed by atoms with Crippen molar-refractivity contribution in [2.75, 3.05) is 0 Å². The van der Waals surface area contributed by atoms with Gasteiger partial charge in [0.25, 0.3) is 0 Å². The van der Waals surface area contributed by atoms with Gasteiger partial charge in [-0.2, -0.15) is 0 Å². The summed E-state index contributed by atoms with van der Waals surface area (Å²) < 4.78 is 0. The van der Waals surface area contributed by atoms with Gasteiger partial charge in [-0.15, -0.1) is 0 Å². The van der Waals surface area contributed by atoms with Gasteiger partial charge in [0.1, 0.15) is 5.75 Å². The van der Waals surface area contributed by atoms with Crippen LogP contribution in [0.25, 0.3) is 0 Å². The van der Waals surface area contributed by atoms with Crippen molar-refractivity contribution in [3.05, 3.63) is 40.5 Å². The summed E-state index contributed by atoms with van der Waals surface area (Å²) in [6, 6.07) is 6.06. The van der Waals surface area contributed by atoms with Crippen LogP contribution in [0.4, 0.5) is 0 Å². The number of allylic oxidation sites excluding steroid dienone is 2. The zero-order valence-electron chi connectivity index (χ0n) is 17.0. The molecule has 0 aromatic heterocycles. The molecule has 0 heterocycles. The Morgan fingerprint density at radius 3 is 2.62 bits per heavy atom. The molecule has 3 aliphatic carbocycles. The minimum absolute atomic E-state index is 0.116. The van der Waals surface area contributed by atoms with E-state index in [4.69, 9.17) is 5.11 Å². The van der Waals surface area contributed by atoms with Gasteiger partial charge in [-0.25, -0.2) is 0 Å². The van der Waals surface area contributed by atoms with Crippen LogP contribution >= 0.6 is 0 Å². The lowest BCUT2D eigenvalue weighted by atomic mass is 9.57. The Morgan fingerprint density at radius 1 is 1.19 bits per heavy atom. The third-order valence-electron chi connectivity index (χ3n) is 6.96. The summed E-state index contributed by atoms with van der Waals surface area (Å²) in [6.45, 7) is 8.68. The van der Waals surface area contributed by atoms with Crippen LogP contribution in [0.5, 0.6) is 5.75 Å². The normalized spacial score (nSPS) is 31.1. The number of aryl methyl sites for hydroxylation is 1. The monoisotopic (exact) mass is 356 g/mol. The number of benzene rings is 1. The summed E-state index contributed by atoms with van der Waals surface area (Å²) in [5, 5.41) is 18.1. The van der Waals surface area contributed by atoms with Crippen LogP contribution in [-0.4, -0.2) is 16.3 Å². The highest BCUT2D eigenvalue weighted by molar-refractivity contribution is 5.47. The lowest BCUT2D eigenvalue weighted by molar-refractivity contribution is 0.191. The molecule has 4 rings (SSSR count). The van der Waals surface area contributed by atoms with Crippen LogP contribution in [0.3, 0.4) is 0 Å². The number of phenolic OH excluding ortho intramolecular Hbond substituents is 1. The Kier molecular flexibility index (Phi) is 5.81. The molecule has 0 amide bonds. The van der Waals surface area contributed by atoms with Crippen molar-refractivity contribution in [1.29, 1.82) is 0 Å². The standard InChI is InChI=1S/C20H26O.C4H10O/c1-13-3-8-19-18-6-4-14-11-15(21)5-7-16(14)17(18)9-10-20(19,2)12-13;1-3-4(2)5/h5,7,11,13,17,21H,3-4,6,8-10,12H2,1-2H3;4-5H,3H2,1-2H3. The van der Waals surface area contributed by atoms with E-state index in [1.165, 1.54) is 49.7 Å². The van der Waals surface area contributed by atoms with Crippen molar-refractivity contribution in [2.24, 2.45) is 11.3 Å². The Balaban J connectivity index is 0.000000349. The molecule has 144 valence electrons. The lowest BCUT2D eigenvalue weighted by Crippen LogP contribution is -2.34. The molecular formula is C24H36O2. The number of rotatable bonds is 1. The van der Waals surface area contributed by atoms with Crippen LogP contribution in [0, 0.1) is 11.3 Å². The van der Waals surface area contributed by atoms with Crippen molar-refractivity contribution in [2.45, 2.75) is 91.1 Å². The van der Waals surface area contributed by atoms with Crippen molar-refractivity contribution in [3.63, 3.8) is 0 Å². The van der Waals surface area contributed by atoms with Gasteiger partial charge in [0.2, 0.25) is 0 Å². The van der Waals surface area contributed by atoms with Crippen LogP contribution < -0.4 is 0 Å². The van der Waals surface area contributed by atoms with Crippen LogP contribution in [-0.2, 0) is 6.42 Å². The molecule has 0 spiro atoms. The highest BCUT2D eigenvalue weighted by Crippen LogP contribution is 2.57. The van der Waals surface area contributed by atoms with Crippen LogP contribution in [0.2, 0.25) is 0 Å². The second-order valence-electron chi connectivity index (χ2n) is 9.14. The van der Waals surface area contributed by atoms with E-state index in [2.05, 4.69) is 19.9 Å². The fourth-order valence-electron chi connectivity index (χ4n) is 5.42. The first-order valence-electron chi connectivity index (χ1n) is 10.6. The highest BCUT2D eigenvalue weighted by Gasteiger charge is 2.42. The Hall–Kier alpha value is -1.28. The van der Waals surface area contributed by atoms with Gasteiger partial charge in [0.05, 0.1) is 6.10 Å². The Labute approximate surface area is 159 Å². The Bertz CT molecular complexity index is 673. The van der Waals surface area contributed by atoms with Gasteiger partial charge >= 0.3 is 0 Å². The first-order chi connectivity index (χ1) is 12.3. The zero-order chi connectivity index (χ0) is 18.9. The van der Waals surface area contributed by atoms with Crippen LogP contribution in [0.1, 0.15) is 89.7 Å². The van der Waals surface area contributed by atoms with Crippen molar-refractivity contribution in [1.82, 2.24) is 0 Å². The largest absolute Gasteiger partial charge is 0.508 e. The maximum atomic E-state index is 9.73. The number of hydrogen-bond acceptors (Lipinski definition) is 2. The summed E-state index contributed by atoms with van der Waals surface area (Å²) in [5.41, 5.74) is 6.96. The predicted octanol–water partition coefficient (Wildman–Crippen LogP) is 6.12. The second-order valence-corrected chi connectivity index (χ2v) is 9.14. The SMILES string of the molecule is CC1CCC2=C3CCc4cc(O)ccc4C3CCC2(C)C1.CCC(C)O. The molecule has 3 aliphatic rings. The zero-order valence-corrected chi connectivity index (χ0v) is 17.0. The molecule has 0 saturated heterocycles. The van der Waals surface area contributed by atoms with E-state index in [-0.39, 0.29) is 6.10 Å². The average molecular weight is 357 g/mol. The van der Waals surface area contributed by atoms with E-state index in [9.17, 15) is 5.11 Å². The van der Waals surface area contributed by atoms with Gasteiger partial charge in [-0.1, -0.05) is 38.0 Å². The topological polar surface area (TPSA) is 40.5 Å². The summed E-state index contributed by atoms with van der Waals surface area (Å²) in [6.07, 6.45) is 9.84. The molecule has 2 nitrogen and oxygen atoms in total. The molecule has 26 heavy (non-hydrogen) atoms. The average Bonchev–Trinajstić information content (AvgIpc) is 2.60. The molecule has 1 aromatic rings. The summed E-state index contributed by atoms with van der Waals surface area (Å²) in [5.74, 6) is 1.96. The van der Waals surface area contributed by atoms with E-state index in [1.54, 1.807) is 12.5 Å². The molecule has 2 N–H and O–H groups in total. The van der Waals surface area contributed by atoms with Gasteiger partial charge in [0.15, 0.2) is 0 Å². The molecule has 1 saturated carbocycles. The minimum Gasteiger partial charge on any atom is -0.508 e. The third kappa shape index (κ3) is 3.86. The number of phenols is 1. The van der Waals surface area contributed by atoms with Crippen molar-refractivity contribution >= 4 is 0 Å². The van der Waals surface area contributed by atoms with Gasteiger partial charge in [0, 0.05) is 5.92 Å². The number of aromatic hydroxyl groups is 1. The molecule has 4 unspecified atom stereocenters. The smallest absolute Gasteiger partial charge is 0.115 e. The molecule has 2 heteroatoms. The molecule has 4 atom stereocenters. The molecule has 1 fully saturated rings. The van der Waals surface area contributed by atoms with Gasteiger partial charge < -0.3 is 10.2 Å². The first kappa shape index (κ1) is 19.5. The number of aliphatic hydroxyl groups is 1. The van der Waals surface area contributed by atoms with E-state index < -0.39 is 0 Å². The second kappa shape index (κ2) is 7.76. The first-order valence-corrected chi connectivity index (χ1v) is 10.6. The quantitative estimate of drug-likeness (QED) is 0.595. The molecule has 0 bridgehead atoms. The Morgan fingerprint density at radius 2 is 1.92 bits per heavy atom. The number of fused-ring (bicyclic) bond motifs is 4. The summed E-state index contributed by atoms with van der Waals surface area (Å²) in [4.78, 5) is 0. The minimum atomic E-state index is -0.116. The van der Waals surface area contributed by atoms with E-state index in [1.807, 2.05) is 24.6 Å². The third-order valence-corrected chi connectivity index (χ3v) is 6.96. The van der Waals surface area contributed by atoms with Gasteiger partial charge in [-0.05, 0) is 92.9 Å². The molecule has 0 radical (unpaired) electrons. The maximum Gasteiger partial charge on any atom is 0.115 e. The molecule has 0 aliphatic heterocycles. The summed E-state index contributed by atoms with van der Waals surface area (Å²) >= 11 is 0. The van der Waals surface area contributed by atoms with E-state index in [0.717, 1.165) is 18.8 Å². The summed E-state index contributed by atoms with van der Waals surface area (Å²) in [7, 11) is 0. The fraction of sp³-hybridized carbons (Fsp3) is 0.667. The highest BCUT2D eigenvalue weighted by atomic mass is 16.3. The van der Waals surface area contributed by atoms with E-state index in [0.29, 0.717) is 17.1 Å². The fourth-order valence-corrected chi connectivity index (χ4v) is 5.42. The lowest BCUT2D eigenvalue weighted by Gasteiger charge is -2.48. The maximum absolute atomic E-state index is 9.73. The van der Waals surface area contributed by atoms with E-state index >= 15 is 0 Å². The number of aliphatic hydroxyl groups excluding tert-OH is 1. The van der Waals surface area contributed by atoms with Crippen molar-refractivity contribution < 1.29 is 10.2 Å². The molecular weight excluding hydrogens is 320 g/mol. The van der Waals surface area contributed by atoms with Crippen LogP contribution in [0.15, 0.2) is 29.3 Å². The van der Waals surface area contributed by atoms with Crippen molar-refractivity contribution in [3.8, 4) is 5.75 Å². The molecule has 1 aromatic carbocycles.